The summed E-state index contributed by atoms with van der Waals surface area (Å²) >= 11 is 6.76. The third-order valence-electron chi connectivity index (χ3n) is 3.64. The van der Waals surface area contributed by atoms with Gasteiger partial charge in [-0.3, -0.25) is 9.69 Å². The summed E-state index contributed by atoms with van der Waals surface area (Å²) in [5.41, 5.74) is 0.882. The number of aliphatic hydroxyl groups excluding tert-OH is 1. The van der Waals surface area contributed by atoms with Crippen molar-refractivity contribution in [3.05, 3.63) is 22.8 Å². The Balaban J connectivity index is 1.96. The quantitative estimate of drug-likeness (QED) is 0.508. The summed E-state index contributed by atoms with van der Waals surface area (Å²) in [5.74, 6) is 0.302. The summed E-state index contributed by atoms with van der Waals surface area (Å²) in [4.78, 5) is 14.2. The number of carbonyl (C=O) groups excluding carboxylic acids is 1. The molecule has 1 aliphatic heterocycles. The molecule has 2 N–H and O–H groups in total. The number of benzene rings is 1. The zero-order valence-corrected chi connectivity index (χ0v) is 18.0. The van der Waals surface area contributed by atoms with E-state index in [1.54, 1.807) is 0 Å². The molecule has 2 rings (SSSR count). The Morgan fingerprint density at radius 1 is 1.38 bits per heavy atom. The molecular weight excluding hydrogens is 609 g/mol. The minimum absolute atomic E-state index is 0.0196. The Labute approximate surface area is 165 Å². The number of halogens is 3. The van der Waals surface area contributed by atoms with Crippen molar-refractivity contribution in [2.45, 2.75) is 19.4 Å². The Kier molecular flexibility index (Phi) is 6.97. The third-order valence-corrected chi connectivity index (χ3v) is 5.97. The van der Waals surface area contributed by atoms with Gasteiger partial charge in [-0.25, -0.2) is 0 Å². The number of piperidine rings is 1. The van der Waals surface area contributed by atoms with E-state index in [0.29, 0.717) is 19.0 Å². The topological polar surface area (TPSA) is 52.6 Å². The van der Waals surface area contributed by atoms with Gasteiger partial charge < -0.3 is 10.4 Å². The smallest absolute Gasteiger partial charge is 0.238 e. The molecule has 0 radical (unpaired) electrons. The first-order chi connectivity index (χ1) is 9.86. The van der Waals surface area contributed by atoms with Gasteiger partial charge in [0.2, 0.25) is 5.91 Å². The molecule has 0 spiro atoms. The molecule has 1 heterocycles. The number of aliphatic hydroxyl groups is 1. The molecule has 1 aromatic carbocycles. The minimum atomic E-state index is -0.329. The van der Waals surface area contributed by atoms with E-state index in [1.165, 1.54) is 0 Å². The number of anilines is 1. The SMILES string of the molecule is CC1CCN(CC(=O)Nc2c(I)cc(I)cc2I)CC1O. The average molecular weight is 626 g/mol. The molecule has 21 heavy (non-hydrogen) atoms. The van der Waals surface area contributed by atoms with Crippen LogP contribution in [0.3, 0.4) is 0 Å². The second-order valence-corrected chi connectivity index (χ2v) is 8.93. The molecule has 0 saturated carbocycles. The molecule has 0 bridgehead atoms. The fourth-order valence-electron chi connectivity index (χ4n) is 2.30. The predicted octanol–water partition coefficient (Wildman–Crippen LogP) is 3.14. The number of β-amino-alcohol motifs (C(OH)–C–C–N with tert-alkyl or cyclic N) is 1. The average Bonchev–Trinajstić information content (AvgIpc) is 2.38. The Hall–Kier alpha value is 0.800. The fraction of sp³-hybridized carbons (Fsp3) is 0.500. The second-order valence-electron chi connectivity index (χ2n) is 5.36. The molecule has 1 aliphatic rings. The fourth-order valence-corrected chi connectivity index (χ4v) is 6.15. The Morgan fingerprint density at radius 2 is 2.00 bits per heavy atom. The molecular formula is C14H17I3N2O2. The normalized spacial score (nSPS) is 23.1. The minimum Gasteiger partial charge on any atom is -0.392 e. The van der Waals surface area contributed by atoms with Crippen LogP contribution in [-0.4, -0.2) is 41.7 Å². The summed E-state index contributed by atoms with van der Waals surface area (Å²) in [6.45, 7) is 3.84. The monoisotopic (exact) mass is 626 g/mol. The van der Waals surface area contributed by atoms with Gasteiger partial charge in [0.15, 0.2) is 0 Å². The molecule has 1 saturated heterocycles. The number of amides is 1. The molecule has 0 aliphatic carbocycles. The highest BCUT2D eigenvalue weighted by Gasteiger charge is 2.25. The van der Waals surface area contributed by atoms with Gasteiger partial charge >= 0.3 is 0 Å². The lowest BCUT2D eigenvalue weighted by Crippen LogP contribution is -2.45. The maximum atomic E-state index is 12.2. The number of carbonyl (C=O) groups is 1. The maximum Gasteiger partial charge on any atom is 0.238 e. The first kappa shape index (κ1) is 18.1. The molecule has 1 amide bonds. The van der Waals surface area contributed by atoms with E-state index in [2.05, 4.69) is 80.0 Å². The largest absolute Gasteiger partial charge is 0.392 e. The van der Waals surface area contributed by atoms with Gasteiger partial charge in [0, 0.05) is 17.3 Å². The van der Waals surface area contributed by atoms with Crippen LogP contribution in [0.5, 0.6) is 0 Å². The van der Waals surface area contributed by atoms with Crippen molar-refractivity contribution in [2.24, 2.45) is 5.92 Å². The number of hydrogen-bond donors (Lipinski definition) is 2. The zero-order valence-electron chi connectivity index (χ0n) is 11.6. The lowest BCUT2D eigenvalue weighted by molar-refractivity contribution is -0.118. The lowest BCUT2D eigenvalue weighted by atomic mass is 9.96. The summed E-state index contributed by atoms with van der Waals surface area (Å²) < 4.78 is 3.25. The van der Waals surface area contributed by atoms with E-state index in [9.17, 15) is 9.90 Å². The molecule has 4 nitrogen and oxygen atoms in total. The van der Waals surface area contributed by atoms with Crippen molar-refractivity contribution < 1.29 is 9.90 Å². The summed E-state index contributed by atoms with van der Waals surface area (Å²) in [7, 11) is 0. The molecule has 2 unspecified atom stereocenters. The van der Waals surface area contributed by atoms with E-state index in [-0.39, 0.29) is 12.0 Å². The molecule has 1 fully saturated rings. The predicted molar refractivity (Wildman–Crippen MR) is 109 cm³/mol. The number of nitrogens with zero attached hydrogens (tertiary/aromatic N) is 1. The van der Waals surface area contributed by atoms with Gasteiger partial charge in [0.25, 0.3) is 0 Å². The van der Waals surface area contributed by atoms with Crippen LogP contribution in [0.15, 0.2) is 12.1 Å². The maximum absolute atomic E-state index is 12.2. The van der Waals surface area contributed by atoms with Gasteiger partial charge in [0.05, 0.1) is 18.3 Å². The van der Waals surface area contributed by atoms with Gasteiger partial charge in [0.1, 0.15) is 0 Å². The van der Waals surface area contributed by atoms with Gasteiger partial charge in [-0.15, -0.1) is 0 Å². The van der Waals surface area contributed by atoms with Crippen LogP contribution < -0.4 is 5.32 Å². The molecule has 2 atom stereocenters. The van der Waals surface area contributed by atoms with Crippen molar-refractivity contribution in [3.8, 4) is 0 Å². The first-order valence-electron chi connectivity index (χ1n) is 6.71. The van der Waals surface area contributed by atoms with Crippen LogP contribution >= 0.6 is 67.8 Å². The van der Waals surface area contributed by atoms with Crippen molar-refractivity contribution >= 4 is 79.4 Å². The lowest BCUT2D eigenvalue weighted by Gasteiger charge is -2.33. The molecule has 0 aromatic heterocycles. The van der Waals surface area contributed by atoms with Crippen LogP contribution in [0.2, 0.25) is 0 Å². The number of hydrogen-bond acceptors (Lipinski definition) is 3. The molecule has 1 aromatic rings. The van der Waals surface area contributed by atoms with Crippen molar-refractivity contribution in [2.75, 3.05) is 25.0 Å². The highest BCUT2D eigenvalue weighted by molar-refractivity contribution is 14.1. The molecule has 116 valence electrons. The number of nitrogens with one attached hydrogen (secondary N) is 1. The van der Waals surface area contributed by atoms with Crippen LogP contribution in [-0.2, 0) is 4.79 Å². The van der Waals surface area contributed by atoms with E-state index in [0.717, 1.165) is 29.4 Å². The van der Waals surface area contributed by atoms with Gasteiger partial charge in [-0.05, 0) is 98.8 Å². The summed E-state index contributed by atoms with van der Waals surface area (Å²) in [6.07, 6.45) is 0.609. The summed E-state index contributed by atoms with van der Waals surface area (Å²) in [6, 6.07) is 4.09. The van der Waals surface area contributed by atoms with Crippen molar-refractivity contribution in [3.63, 3.8) is 0 Å². The van der Waals surface area contributed by atoms with E-state index in [4.69, 9.17) is 0 Å². The van der Waals surface area contributed by atoms with Gasteiger partial charge in [-0.2, -0.15) is 0 Å². The van der Waals surface area contributed by atoms with E-state index >= 15 is 0 Å². The third kappa shape index (κ3) is 5.15. The summed E-state index contributed by atoms with van der Waals surface area (Å²) in [5, 5.41) is 12.9. The Morgan fingerprint density at radius 3 is 2.57 bits per heavy atom. The van der Waals surface area contributed by atoms with Gasteiger partial charge in [-0.1, -0.05) is 6.92 Å². The number of likely N-dealkylation sites (tertiary alicyclic amines) is 1. The highest BCUT2D eigenvalue weighted by atomic mass is 127. The molecule has 7 heteroatoms. The van der Waals surface area contributed by atoms with Crippen LogP contribution in [0.25, 0.3) is 0 Å². The van der Waals surface area contributed by atoms with Crippen molar-refractivity contribution in [1.82, 2.24) is 4.90 Å². The Bertz CT molecular complexity index is 516. The standard InChI is InChI=1S/C14H17I3N2O2/c1-8-2-3-19(6-12(8)20)7-13(21)18-14-10(16)4-9(15)5-11(14)17/h4-5,8,12,20H,2-3,6-7H2,1H3,(H,18,21). The van der Waals surface area contributed by atoms with E-state index < -0.39 is 0 Å². The van der Waals surface area contributed by atoms with Crippen LogP contribution in [0.1, 0.15) is 13.3 Å². The van der Waals surface area contributed by atoms with Crippen molar-refractivity contribution in [1.29, 1.82) is 0 Å². The van der Waals surface area contributed by atoms with Crippen LogP contribution in [0.4, 0.5) is 5.69 Å². The first-order valence-corrected chi connectivity index (χ1v) is 9.95. The second kappa shape index (κ2) is 8.06. The highest BCUT2D eigenvalue weighted by Crippen LogP contribution is 2.27. The zero-order chi connectivity index (χ0) is 15.6. The van der Waals surface area contributed by atoms with E-state index in [1.807, 2.05) is 17.0 Å². The number of rotatable bonds is 3. The van der Waals surface area contributed by atoms with Crippen LogP contribution in [0, 0.1) is 16.6 Å².